The van der Waals surface area contributed by atoms with Crippen LogP contribution in [0.15, 0.2) is 24.4 Å². The van der Waals surface area contributed by atoms with Crippen molar-refractivity contribution in [3.63, 3.8) is 0 Å². The molecular formula is C10H15N3. The molecule has 2 rings (SSSR count). The summed E-state index contributed by atoms with van der Waals surface area (Å²) in [5.74, 6) is 0.983. The van der Waals surface area contributed by atoms with Crippen molar-refractivity contribution in [2.45, 2.75) is 18.9 Å². The lowest BCUT2D eigenvalue weighted by Crippen LogP contribution is -2.38. The molecule has 1 aliphatic heterocycles. The van der Waals surface area contributed by atoms with Gasteiger partial charge in [-0.1, -0.05) is 6.07 Å². The minimum absolute atomic E-state index is 0.545. The highest BCUT2D eigenvalue weighted by Gasteiger charge is 2.11. The van der Waals surface area contributed by atoms with E-state index < -0.39 is 0 Å². The van der Waals surface area contributed by atoms with Crippen LogP contribution in [0, 0.1) is 0 Å². The zero-order chi connectivity index (χ0) is 8.93. The van der Waals surface area contributed by atoms with Crippen molar-refractivity contribution in [3.8, 4) is 0 Å². The summed E-state index contributed by atoms with van der Waals surface area (Å²) < 4.78 is 0. The molecule has 2 heterocycles. The Kier molecular flexibility index (Phi) is 2.77. The van der Waals surface area contributed by atoms with E-state index in [1.165, 1.54) is 12.8 Å². The number of anilines is 1. The van der Waals surface area contributed by atoms with Crippen LogP contribution in [-0.2, 0) is 0 Å². The number of aromatic nitrogens is 1. The molecule has 1 saturated heterocycles. The van der Waals surface area contributed by atoms with E-state index in [-0.39, 0.29) is 0 Å². The molecule has 1 aliphatic rings. The van der Waals surface area contributed by atoms with Crippen LogP contribution in [0.5, 0.6) is 0 Å². The van der Waals surface area contributed by atoms with Gasteiger partial charge in [-0.15, -0.1) is 0 Å². The average Bonchev–Trinajstić information content (AvgIpc) is 2.21. The number of pyridine rings is 1. The molecule has 1 aromatic rings. The van der Waals surface area contributed by atoms with Crippen LogP contribution in [0.2, 0.25) is 0 Å². The summed E-state index contributed by atoms with van der Waals surface area (Å²) in [6, 6.07) is 6.49. The SMILES string of the molecule is c1ccc(N[C@H]2CCCNC2)nc1. The Hall–Kier alpha value is -1.09. The molecule has 70 valence electrons. The van der Waals surface area contributed by atoms with Gasteiger partial charge in [-0.05, 0) is 31.5 Å². The first kappa shape index (κ1) is 8.51. The molecule has 1 atom stereocenters. The first-order chi connectivity index (χ1) is 6.45. The Morgan fingerprint density at radius 3 is 3.15 bits per heavy atom. The Bertz CT molecular complexity index is 242. The van der Waals surface area contributed by atoms with Crippen LogP contribution in [0.4, 0.5) is 5.82 Å². The molecule has 0 saturated carbocycles. The smallest absolute Gasteiger partial charge is 0.126 e. The second-order valence-electron chi connectivity index (χ2n) is 3.40. The zero-order valence-electron chi connectivity index (χ0n) is 7.66. The average molecular weight is 177 g/mol. The van der Waals surface area contributed by atoms with Gasteiger partial charge in [0.1, 0.15) is 5.82 Å². The molecule has 3 heteroatoms. The summed E-state index contributed by atoms with van der Waals surface area (Å²) in [6.07, 6.45) is 4.31. The van der Waals surface area contributed by atoms with Crippen molar-refractivity contribution in [1.82, 2.24) is 10.3 Å². The molecule has 0 aromatic carbocycles. The van der Waals surface area contributed by atoms with Gasteiger partial charge >= 0.3 is 0 Å². The number of nitrogens with one attached hydrogen (secondary N) is 2. The van der Waals surface area contributed by atoms with Gasteiger partial charge < -0.3 is 10.6 Å². The van der Waals surface area contributed by atoms with E-state index in [0.717, 1.165) is 18.9 Å². The summed E-state index contributed by atoms with van der Waals surface area (Å²) >= 11 is 0. The van der Waals surface area contributed by atoms with Crippen LogP contribution in [0.25, 0.3) is 0 Å². The number of hydrogen-bond donors (Lipinski definition) is 2. The van der Waals surface area contributed by atoms with Crippen molar-refractivity contribution in [2.24, 2.45) is 0 Å². The fraction of sp³-hybridized carbons (Fsp3) is 0.500. The third-order valence-corrected chi connectivity index (χ3v) is 2.31. The lowest BCUT2D eigenvalue weighted by molar-refractivity contribution is 0.479. The minimum atomic E-state index is 0.545. The van der Waals surface area contributed by atoms with Gasteiger partial charge in [0, 0.05) is 18.8 Å². The second-order valence-corrected chi connectivity index (χ2v) is 3.40. The topological polar surface area (TPSA) is 37.0 Å². The van der Waals surface area contributed by atoms with Crippen LogP contribution in [-0.4, -0.2) is 24.1 Å². The second kappa shape index (κ2) is 4.23. The zero-order valence-corrected chi connectivity index (χ0v) is 7.66. The maximum atomic E-state index is 4.23. The van der Waals surface area contributed by atoms with Crippen molar-refractivity contribution in [3.05, 3.63) is 24.4 Å². The standard InChI is InChI=1S/C10H15N3/c1-2-7-12-10(5-1)13-9-4-3-6-11-8-9/h1-2,5,7,9,11H,3-4,6,8H2,(H,12,13)/t9-/m0/s1. The number of hydrogen-bond acceptors (Lipinski definition) is 3. The predicted octanol–water partition coefficient (Wildman–Crippen LogP) is 1.25. The molecule has 3 nitrogen and oxygen atoms in total. The van der Waals surface area contributed by atoms with Crippen molar-refractivity contribution in [2.75, 3.05) is 18.4 Å². The Labute approximate surface area is 78.6 Å². The van der Waals surface area contributed by atoms with Crippen LogP contribution in [0.1, 0.15) is 12.8 Å². The molecular weight excluding hydrogens is 162 g/mol. The van der Waals surface area contributed by atoms with Crippen LogP contribution < -0.4 is 10.6 Å². The Morgan fingerprint density at radius 2 is 2.46 bits per heavy atom. The van der Waals surface area contributed by atoms with E-state index in [0.29, 0.717) is 6.04 Å². The van der Waals surface area contributed by atoms with E-state index in [2.05, 4.69) is 15.6 Å². The Morgan fingerprint density at radius 1 is 1.46 bits per heavy atom. The molecule has 0 bridgehead atoms. The quantitative estimate of drug-likeness (QED) is 0.713. The number of rotatable bonds is 2. The van der Waals surface area contributed by atoms with Gasteiger partial charge in [0.05, 0.1) is 0 Å². The third kappa shape index (κ3) is 2.42. The third-order valence-electron chi connectivity index (χ3n) is 2.31. The van der Waals surface area contributed by atoms with Crippen LogP contribution >= 0.6 is 0 Å². The maximum Gasteiger partial charge on any atom is 0.126 e. The molecule has 1 fully saturated rings. The molecule has 2 N–H and O–H groups in total. The Balaban J connectivity index is 1.90. The van der Waals surface area contributed by atoms with Gasteiger partial charge in [-0.3, -0.25) is 0 Å². The van der Waals surface area contributed by atoms with E-state index in [4.69, 9.17) is 0 Å². The summed E-state index contributed by atoms with van der Waals surface area (Å²) in [6.45, 7) is 2.21. The highest BCUT2D eigenvalue weighted by Crippen LogP contribution is 2.08. The van der Waals surface area contributed by atoms with E-state index >= 15 is 0 Å². The van der Waals surface area contributed by atoms with Gasteiger partial charge in [-0.2, -0.15) is 0 Å². The molecule has 0 radical (unpaired) electrons. The first-order valence-corrected chi connectivity index (χ1v) is 4.83. The van der Waals surface area contributed by atoms with Crippen molar-refractivity contribution < 1.29 is 0 Å². The highest BCUT2D eigenvalue weighted by atomic mass is 15.1. The summed E-state index contributed by atoms with van der Waals surface area (Å²) in [7, 11) is 0. The fourth-order valence-corrected chi connectivity index (χ4v) is 1.63. The summed E-state index contributed by atoms with van der Waals surface area (Å²) in [5.41, 5.74) is 0. The summed E-state index contributed by atoms with van der Waals surface area (Å²) in [5, 5.41) is 6.77. The summed E-state index contributed by atoms with van der Waals surface area (Å²) in [4.78, 5) is 4.23. The normalized spacial score (nSPS) is 22.6. The monoisotopic (exact) mass is 177 g/mol. The molecule has 13 heavy (non-hydrogen) atoms. The molecule has 0 spiro atoms. The fourth-order valence-electron chi connectivity index (χ4n) is 1.63. The molecule has 0 unspecified atom stereocenters. The van der Waals surface area contributed by atoms with Gasteiger partial charge in [0.15, 0.2) is 0 Å². The number of nitrogens with zero attached hydrogens (tertiary/aromatic N) is 1. The molecule has 0 aliphatic carbocycles. The predicted molar refractivity (Wildman–Crippen MR) is 53.8 cm³/mol. The van der Waals surface area contributed by atoms with Crippen molar-refractivity contribution >= 4 is 5.82 Å². The van der Waals surface area contributed by atoms with E-state index in [1.54, 1.807) is 0 Å². The minimum Gasteiger partial charge on any atom is -0.366 e. The largest absolute Gasteiger partial charge is 0.366 e. The molecule has 0 amide bonds. The van der Waals surface area contributed by atoms with Gasteiger partial charge in [-0.25, -0.2) is 4.98 Å². The van der Waals surface area contributed by atoms with Gasteiger partial charge in [0.25, 0.3) is 0 Å². The lowest BCUT2D eigenvalue weighted by atomic mass is 10.1. The first-order valence-electron chi connectivity index (χ1n) is 4.83. The maximum absolute atomic E-state index is 4.23. The lowest BCUT2D eigenvalue weighted by Gasteiger charge is -2.24. The highest BCUT2D eigenvalue weighted by molar-refractivity contribution is 5.34. The van der Waals surface area contributed by atoms with E-state index in [9.17, 15) is 0 Å². The molecule has 1 aromatic heterocycles. The van der Waals surface area contributed by atoms with Gasteiger partial charge in [0.2, 0.25) is 0 Å². The van der Waals surface area contributed by atoms with Crippen molar-refractivity contribution in [1.29, 1.82) is 0 Å². The van der Waals surface area contributed by atoms with Crippen LogP contribution in [0.3, 0.4) is 0 Å². The van der Waals surface area contributed by atoms with E-state index in [1.807, 2.05) is 24.4 Å². The number of piperidine rings is 1.